The summed E-state index contributed by atoms with van der Waals surface area (Å²) in [6.45, 7) is 4.61. The van der Waals surface area contributed by atoms with Crippen LogP contribution in [0.5, 0.6) is 0 Å². The van der Waals surface area contributed by atoms with Crippen molar-refractivity contribution in [1.82, 2.24) is 0 Å². The number of nitrogens with two attached hydrogens (primary N) is 1. The first-order valence-corrected chi connectivity index (χ1v) is 6.18. The molecule has 0 aromatic heterocycles. The number of benzene rings is 1. The van der Waals surface area contributed by atoms with Crippen LogP contribution >= 0.6 is 0 Å². The van der Waals surface area contributed by atoms with Crippen LogP contribution in [0.15, 0.2) is 24.3 Å². The second-order valence-electron chi connectivity index (χ2n) is 4.76. The van der Waals surface area contributed by atoms with E-state index in [0.29, 0.717) is 0 Å². The molecule has 0 atom stereocenters. The molecule has 0 aliphatic carbocycles. The Balaban J connectivity index is 2.13. The monoisotopic (exact) mass is 219 g/mol. The van der Waals surface area contributed by atoms with E-state index in [9.17, 15) is 0 Å². The molecule has 1 aromatic rings. The molecule has 0 saturated carbocycles. The Hall–Kier alpha value is -0.860. The molecule has 2 rings (SSSR count). The van der Waals surface area contributed by atoms with Crippen LogP contribution in [-0.4, -0.2) is 19.8 Å². The molecule has 1 heterocycles. The van der Waals surface area contributed by atoms with Crippen molar-refractivity contribution in [3.8, 4) is 0 Å². The van der Waals surface area contributed by atoms with Crippen molar-refractivity contribution in [3.63, 3.8) is 0 Å². The van der Waals surface area contributed by atoms with Crippen LogP contribution in [-0.2, 0) is 16.6 Å². The molecule has 0 amide bonds. The number of ether oxygens (including phenoxy) is 1. The molecular formula is C14H21NO. The van der Waals surface area contributed by atoms with Gasteiger partial charge in [-0.15, -0.1) is 0 Å². The fourth-order valence-corrected chi connectivity index (χ4v) is 2.39. The molecule has 0 spiro atoms. The van der Waals surface area contributed by atoms with Crippen LogP contribution in [0.4, 0.5) is 0 Å². The Morgan fingerprint density at radius 2 is 1.94 bits per heavy atom. The van der Waals surface area contributed by atoms with Gasteiger partial charge in [0.1, 0.15) is 0 Å². The predicted molar refractivity (Wildman–Crippen MR) is 66.6 cm³/mol. The van der Waals surface area contributed by atoms with E-state index in [0.717, 1.165) is 26.2 Å². The maximum absolute atomic E-state index is 5.68. The average Bonchev–Trinajstić information content (AvgIpc) is 2.25. The number of hydrogen-bond donors (Lipinski definition) is 1. The first kappa shape index (κ1) is 11.6. The van der Waals surface area contributed by atoms with Gasteiger partial charge in [-0.3, -0.25) is 0 Å². The molecule has 0 bridgehead atoms. The third-order valence-corrected chi connectivity index (χ3v) is 3.48. The molecule has 1 aliphatic heterocycles. The quantitative estimate of drug-likeness (QED) is 0.824. The zero-order valence-electron chi connectivity index (χ0n) is 10.0. The van der Waals surface area contributed by atoms with Crippen LogP contribution < -0.4 is 5.73 Å². The molecule has 88 valence electrons. The maximum Gasteiger partial charge on any atom is 0.0586 e. The number of aryl methyl sites for hydroxylation is 1. The molecule has 2 heteroatoms. The van der Waals surface area contributed by atoms with Crippen LogP contribution in [0.25, 0.3) is 0 Å². The van der Waals surface area contributed by atoms with Gasteiger partial charge in [0.2, 0.25) is 0 Å². The van der Waals surface area contributed by atoms with Gasteiger partial charge in [0, 0.05) is 5.41 Å². The van der Waals surface area contributed by atoms with Gasteiger partial charge in [-0.05, 0) is 30.5 Å². The van der Waals surface area contributed by atoms with Crippen molar-refractivity contribution < 1.29 is 4.74 Å². The minimum Gasteiger partial charge on any atom is -0.379 e. The molecular weight excluding hydrogens is 198 g/mol. The van der Waals surface area contributed by atoms with E-state index in [1.807, 2.05) is 0 Å². The van der Waals surface area contributed by atoms with Crippen molar-refractivity contribution in [2.24, 2.45) is 5.73 Å². The van der Waals surface area contributed by atoms with Crippen molar-refractivity contribution >= 4 is 0 Å². The maximum atomic E-state index is 5.68. The Morgan fingerprint density at radius 3 is 2.38 bits per heavy atom. The molecule has 2 N–H and O–H groups in total. The molecule has 2 nitrogen and oxygen atoms in total. The van der Waals surface area contributed by atoms with Crippen LogP contribution in [0.1, 0.15) is 30.9 Å². The van der Waals surface area contributed by atoms with Gasteiger partial charge in [0.15, 0.2) is 0 Å². The highest BCUT2D eigenvalue weighted by Crippen LogP contribution is 2.35. The van der Waals surface area contributed by atoms with Crippen molar-refractivity contribution in [3.05, 3.63) is 35.4 Å². The molecule has 1 aromatic carbocycles. The summed E-state index contributed by atoms with van der Waals surface area (Å²) in [4.78, 5) is 0. The van der Waals surface area contributed by atoms with Gasteiger partial charge in [0.05, 0.1) is 13.2 Å². The number of rotatable bonds is 5. The lowest BCUT2D eigenvalue weighted by Gasteiger charge is -2.42. The Bertz CT molecular complexity index is 327. The second-order valence-corrected chi connectivity index (χ2v) is 4.76. The summed E-state index contributed by atoms with van der Waals surface area (Å²) in [5.41, 5.74) is 8.71. The molecule has 16 heavy (non-hydrogen) atoms. The fraction of sp³-hybridized carbons (Fsp3) is 0.571. The third-order valence-electron chi connectivity index (χ3n) is 3.48. The first-order chi connectivity index (χ1) is 7.80. The second kappa shape index (κ2) is 4.98. The highest BCUT2D eigenvalue weighted by atomic mass is 16.5. The lowest BCUT2D eigenvalue weighted by molar-refractivity contribution is -0.0631. The summed E-state index contributed by atoms with van der Waals surface area (Å²) in [7, 11) is 0. The Kier molecular flexibility index (Phi) is 3.62. The summed E-state index contributed by atoms with van der Waals surface area (Å²) < 4.78 is 5.37. The fourth-order valence-electron chi connectivity index (χ4n) is 2.39. The molecule has 1 saturated heterocycles. The predicted octanol–water partition coefficient (Wildman–Crippen LogP) is 2.26. The SMILES string of the molecule is CCCc1ccc(C2(CCN)COC2)cc1. The lowest BCUT2D eigenvalue weighted by atomic mass is 9.75. The Morgan fingerprint density at radius 1 is 1.25 bits per heavy atom. The van der Waals surface area contributed by atoms with E-state index < -0.39 is 0 Å². The smallest absolute Gasteiger partial charge is 0.0586 e. The molecule has 0 radical (unpaired) electrons. The van der Waals surface area contributed by atoms with Crippen molar-refractivity contribution in [1.29, 1.82) is 0 Å². The summed E-state index contributed by atoms with van der Waals surface area (Å²) >= 11 is 0. The van der Waals surface area contributed by atoms with Crippen LogP contribution in [0.2, 0.25) is 0 Å². The summed E-state index contributed by atoms with van der Waals surface area (Å²) in [5.74, 6) is 0. The standard InChI is InChI=1S/C14H21NO/c1-2-3-12-4-6-13(7-5-12)14(8-9-15)10-16-11-14/h4-7H,2-3,8-11,15H2,1H3. The lowest BCUT2D eigenvalue weighted by Crippen LogP contribution is -2.48. The average molecular weight is 219 g/mol. The van der Waals surface area contributed by atoms with E-state index in [2.05, 4.69) is 31.2 Å². The minimum atomic E-state index is 0.208. The summed E-state index contributed by atoms with van der Waals surface area (Å²) in [5, 5.41) is 0. The van der Waals surface area contributed by atoms with Gasteiger partial charge in [0.25, 0.3) is 0 Å². The first-order valence-electron chi connectivity index (χ1n) is 6.18. The highest BCUT2D eigenvalue weighted by Gasteiger charge is 2.39. The molecule has 0 unspecified atom stereocenters. The van der Waals surface area contributed by atoms with Gasteiger partial charge < -0.3 is 10.5 Å². The topological polar surface area (TPSA) is 35.2 Å². The van der Waals surface area contributed by atoms with Crippen molar-refractivity contribution in [2.45, 2.75) is 31.6 Å². The highest BCUT2D eigenvalue weighted by molar-refractivity contribution is 5.31. The van der Waals surface area contributed by atoms with E-state index in [4.69, 9.17) is 10.5 Å². The Labute approximate surface area is 97.8 Å². The van der Waals surface area contributed by atoms with Crippen LogP contribution in [0.3, 0.4) is 0 Å². The van der Waals surface area contributed by atoms with Gasteiger partial charge in [-0.25, -0.2) is 0 Å². The zero-order valence-corrected chi connectivity index (χ0v) is 10.0. The molecule has 1 fully saturated rings. The largest absolute Gasteiger partial charge is 0.379 e. The van der Waals surface area contributed by atoms with E-state index >= 15 is 0 Å². The zero-order chi connectivity index (χ0) is 11.4. The number of hydrogen-bond acceptors (Lipinski definition) is 2. The van der Waals surface area contributed by atoms with Crippen molar-refractivity contribution in [2.75, 3.05) is 19.8 Å². The van der Waals surface area contributed by atoms with E-state index in [1.54, 1.807) is 0 Å². The third kappa shape index (κ3) is 2.13. The van der Waals surface area contributed by atoms with Crippen LogP contribution in [0, 0.1) is 0 Å². The van der Waals surface area contributed by atoms with Gasteiger partial charge >= 0.3 is 0 Å². The summed E-state index contributed by atoms with van der Waals surface area (Å²) in [6.07, 6.45) is 3.40. The van der Waals surface area contributed by atoms with E-state index in [-0.39, 0.29) is 5.41 Å². The van der Waals surface area contributed by atoms with E-state index in [1.165, 1.54) is 24.0 Å². The minimum absolute atomic E-state index is 0.208. The molecule has 1 aliphatic rings. The van der Waals surface area contributed by atoms with Gasteiger partial charge in [-0.1, -0.05) is 37.6 Å². The summed E-state index contributed by atoms with van der Waals surface area (Å²) in [6, 6.07) is 9.00. The normalized spacial score (nSPS) is 18.1. The van der Waals surface area contributed by atoms with Gasteiger partial charge in [-0.2, -0.15) is 0 Å².